The van der Waals surface area contributed by atoms with Crippen LogP contribution in [0.25, 0.3) is 11.5 Å². The van der Waals surface area contributed by atoms with Crippen LogP contribution in [0.15, 0.2) is 52.9 Å². The van der Waals surface area contributed by atoms with Crippen LogP contribution >= 0.6 is 0 Å². The Balaban J connectivity index is 1.46. The van der Waals surface area contributed by atoms with Gasteiger partial charge in [-0.05, 0) is 31.2 Å². The second kappa shape index (κ2) is 7.53. The number of aryl methyl sites for hydroxylation is 1. The molecule has 1 amide bonds. The molecule has 0 aliphatic carbocycles. The highest BCUT2D eigenvalue weighted by Gasteiger charge is 2.16. The number of carbonyl (C=O) groups is 1. The molecule has 0 fully saturated rings. The number of hydrogen-bond donors (Lipinski definition) is 1. The quantitative estimate of drug-likeness (QED) is 0.758. The number of carbonyl (C=O) groups excluding carboxylic acids is 1. The molecule has 138 valence electrons. The Morgan fingerprint density at radius 3 is 2.67 bits per heavy atom. The molecule has 1 N–H and O–H groups in total. The second-order valence-electron chi connectivity index (χ2n) is 6.32. The van der Waals surface area contributed by atoms with Crippen LogP contribution in [0.3, 0.4) is 0 Å². The molecular formula is C21H20N2O4. The lowest BCUT2D eigenvalue weighted by Gasteiger charge is -2.10. The predicted octanol–water partition coefficient (Wildman–Crippen LogP) is 3.99. The molecule has 1 aliphatic heterocycles. The van der Waals surface area contributed by atoms with E-state index in [4.69, 9.17) is 13.9 Å². The predicted molar refractivity (Wildman–Crippen MR) is 101 cm³/mol. The Labute approximate surface area is 157 Å². The molecule has 0 saturated carbocycles. The van der Waals surface area contributed by atoms with Gasteiger partial charge in [0.05, 0.1) is 25.3 Å². The van der Waals surface area contributed by atoms with Crippen LogP contribution in [0, 0.1) is 6.92 Å². The van der Waals surface area contributed by atoms with E-state index in [0.29, 0.717) is 47.7 Å². The van der Waals surface area contributed by atoms with E-state index in [0.717, 1.165) is 12.0 Å². The molecule has 4 rings (SSSR count). The maximum Gasteiger partial charge on any atom is 0.230 e. The van der Waals surface area contributed by atoms with E-state index in [2.05, 4.69) is 10.3 Å². The number of aromatic nitrogens is 1. The Kier molecular flexibility index (Phi) is 4.78. The molecule has 6 nitrogen and oxygen atoms in total. The molecular weight excluding hydrogens is 344 g/mol. The number of nitrogens with one attached hydrogen (secondary N) is 1. The Morgan fingerprint density at radius 1 is 1.07 bits per heavy atom. The molecule has 0 saturated heterocycles. The van der Waals surface area contributed by atoms with Crippen molar-refractivity contribution in [2.24, 2.45) is 0 Å². The van der Waals surface area contributed by atoms with Crippen LogP contribution in [0.1, 0.15) is 17.9 Å². The van der Waals surface area contributed by atoms with Crippen molar-refractivity contribution >= 4 is 11.6 Å². The average molecular weight is 364 g/mol. The van der Waals surface area contributed by atoms with Crippen LogP contribution < -0.4 is 14.8 Å². The molecule has 0 atom stereocenters. The highest BCUT2D eigenvalue weighted by Crippen LogP contribution is 2.32. The van der Waals surface area contributed by atoms with Gasteiger partial charge in [0.1, 0.15) is 5.76 Å². The van der Waals surface area contributed by atoms with Crippen molar-refractivity contribution in [2.75, 3.05) is 18.5 Å². The molecule has 1 aromatic heterocycles. The smallest absolute Gasteiger partial charge is 0.230 e. The van der Waals surface area contributed by atoms with E-state index in [1.807, 2.05) is 43.3 Å². The summed E-state index contributed by atoms with van der Waals surface area (Å²) in [6.45, 7) is 3.05. The fraction of sp³-hybridized carbons (Fsp3) is 0.238. The van der Waals surface area contributed by atoms with Crippen LogP contribution in [0.5, 0.6) is 11.5 Å². The third kappa shape index (κ3) is 3.95. The molecule has 0 bridgehead atoms. The summed E-state index contributed by atoms with van der Waals surface area (Å²) in [5, 5.41) is 2.88. The minimum Gasteiger partial charge on any atom is -0.490 e. The number of anilines is 1. The zero-order chi connectivity index (χ0) is 18.6. The number of nitrogens with zero attached hydrogens (tertiary/aromatic N) is 1. The molecule has 2 aromatic carbocycles. The average Bonchev–Trinajstić information content (AvgIpc) is 2.89. The first-order chi connectivity index (χ1) is 13.2. The number of amides is 1. The summed E-state index contributed by atoms with van der Waals surface area (Å²) in [7, 11) is 0. The van der Waals surface area contributed by atoms with Gasteiger partial charge in [-0.1, -0.05) is 18.2 Å². The lowest BCUT2D eigenvalue weighted by atomic mass is 10.2. The minimum absolute atomic E-state index is 0.136. The zero-order valence-corrected chi connectivity index (χ0v) is 15.0. The van der Waals surface area contributed by atoms with Gasteiger partial charge in [-0.2, -0.15) is 0 Å². The largest absolute Gasteiger partial charge is 0.490 e. The highest BCUT2D eigenvalue weighted by molar-refractivity contribution is 5.92. The van der Waals surface area contributed by atoms with E-state index < -0.39 is 0 Å². The molecule has 0 radical (unpaired) electrons. The summed E-state index contributed by atoms with van der Waals surface area (Å²) in [6, 6.07) is 15.0. The van der Waals surface area contributed by atoms with Gasteiger partial charge in [0.15, 0.2) is 11.5 Å². The molecule has 0 spiro atoms. The van der Waals surface area contributed by atoms with Gasteiger partial charge < -0.3 is 19.2 Å². The van der Waals surface area contributed by atoms with E-state index in [-0.39, 0.29) is 12.3 Å². The molecule has 6 heteroatoms. The Hall–Kier alpha value is -3.28. The summed E-state index contributed by atoms with van der Waals surface area (Å²) >= 11 is 0. The topological polar surface area (TPSA) is 73.6 Å². The van der Waals surface area contributed by atoms with E-state index in [1.165, 1.54) is 0 Å². The van der Waals surface area contributed by atoms with Gasteiger partial charge in [0, 0.05) is 23.7 Å². The highest BCUT2D eigenvalue weighted by atomic mass is 16.5. The summed E-state index contributed by atoms with van der Waals surface area (Å²) in [5.41, 5.74) is 2.17. The number of rotatable bonds is 4. The summed E-state index contributed by atoms with van der Waals surface area (Å²) in [4.78, 5) is 16.9. The monoisotopic (exact) mass is 364 g/mol. The van der Waals surface area contributed by atoms with Gasteiger partial charge >= 0.3 is 0 Å². The third-order valence-electron chi connectivity index (χ3n) is 4.27. The van der Waals surface area contributed by atoms with Gasteiger partial charge in [0.25, 0.3) is 0 Å². The van der Waals surface area contributed by atoms with Crippen LogP contribution in [-0.4, -0.2) is 24.1 Å². The van der Waals surface area contributed by atoms with Crippen molar-refractivity contribution < 1.29 is 18.7 Å². The van der Waals surface area contributed by atoms with Crippen molar-refractivity contribution in [3.63, 3.8) is 0 Å². The zero-order valence-electron chi connectivity index (χ0n) is 15.0. The van der Waals surface area contributed by atoms with E-state index in [1.54, 1.807) is 12.1 Å². The fourth-order valence-corrected chi connectivity index (χ4v) is 2.89. The third-order valence-corrected chi connectivity index (χ3v) is 4.27. The Bertz CT molecular complexity index is 950. The fourth-order valence-electron chi connectivity index (χ4n) is 2.89. The first-order valence-corrected chi connectivity index (χ1v) is 8.90. The molecule has 1 aliphatic rings. The number of oxazole rings is 1. The summed E-state index contributed by atoms with van der Waals surface area (Å²) < 4.78 is 17.0. The number of fused-ring (bicyclic) bond motifs is 1. The standard InChI is InChI=1S/C21H20N2O4/c1-14-17(23-21(27-14)15-6-3-2-4-7-15)13-20(24)22-16-8-9-18-19(12-16)26-11-5-10-25-18/h2-4,6-9,12H,5,10-11,13H2,1H3,(H,22,24). The normalized spacial score (nSPS) is 13.1. The number of ether oxygens (including phenoxy) is 2. The number of benzene rings is 2. The van der Waals surface area contributed by atoms with Crippen LogP contribution in [0.2, 0.25) is 0 Å². The van der Waals surface area contributed by atoms with Gasteiger partial charge in [-0.25, -0.2) is 4.98 Å². The van der Waals surface area contributed by atoms with Crippen LogP contribution in [-0.2, 0) is 11.2 Å². The maximum atomic E-state index is 12.5. The maximum absolute atomic E-state index is 12.5. The molecule has 0 unspecified atom stereocenters. The summed E-state index contributed by atoms with van der Waals surface area (Å²) in [6.07, 6.45) is 0.974. The van der Waals surface area contributed by atoms with Crippen molar-refractivity contribution in [1.82, 2.24) is 4.98 Å². The molecule has 27 heavy (non-hydrogen) atoms. The number of hydrogen-bond acceptors (Lipinski definition) is 5. The van der Waals surface area contributed by atoms with Crippen LogP contribution in [0.4, 0.5) is 5.69 Å². The molecule has 3 aromatic rings. The first-order valence-electron chi connectivity index (χ1n) is 8.90. The van der Waals surface area contributed by atoms with Gasteiger partial charge in [0.2, 0.25) is 11.8 Å². The SMILES string of the molecule is Cc1oc(-c2ccccc2)nc1CC(=O)Nc1ccc2c(c1)OCCCO2. The minimum atomic E-state index is -0.166. The first kappa shape index (κ1) is 17.1. The van der Waals surface area contributed by atoms with Crippen molar-refractivity contribution in [1.29, 1.82) is 0 Å². The van der Waals surface area contributed by atoms with Crippen molar-refractivity contribution in [3.8, 4) is 23.0 Å². The lowest BCUT2D eigenvalue weighted by molar-refractivity contribution is -0.115. The van der Waals surface area contributed by atoms with E-state index in [9.17, 15) is 4.79 Å². The van der Waals surface area contributed by atoms with Crippen molar-refractivity contribution in [2.45, 2.75) is 19.8 Å². The van der Waals surface area contributed by atoms with Gasteiger partial charge in [-0.3, -0.25) is 4.79 Å². The van der Waals surface area contributed by atoms with E-state index >= 15 is 0 Å². The second-order valence-corrected chi connectivity index (χ2v) is 6.32. The Morgan fingerprint density at radius 2 is 1.85 bits per heavy atom. The molecule has 2 heterocycles. The summed E-state index contributed by atoms with van der Waals surface area (Å²) in [5.74, 6) is 2.34. The van der Waals surface area contributed by atoms with Gasteiger partial charge in [-0.15, -0.1) is 0 Å². The van der Waals surface area contributed by atoms with Crippen molar-refractivity contribution in [3.05, 3.63) is 60.0 Å². The lowest BCUT2D eigenvalue weighted by Crippen LogP contribution is -2.15.